The Hall–Kier alpha value is -1.20. The van der Waals surface area contributed by atoms with Gasteiger partial charge in [-0.1, -0.05) is 6.92 Å². The number of aliphatic hydroxyl groups is 1. The van der Waals surface area contributed by atoms with E-state index < -0.39 is 11.6 Å². The molecule has 0 aromatic heterocycles. The topological polar surface area (TPSA) is 35.5 Å². The zero-order valence-corrected chi connectivity index (χ0v) is 11.8. The molecule has 3 nitrogen and oxygen atoms in total. The van der Waals surface area contributed by atoms with Crippen LogP contribution < -0.4 is 10.2 Å². The van der Waals surface area contributed by atoms with E-state index in [9.17, 15) is 13.9 Å². The van der Waals surface area contributed by atoms with Gasteiger partial charge in [-0.25, -0.2) is 8.78 Å². The molecule has 0 amide bonds. The third-order valence-electron chi connectivity index (χ3n) is 3.75. The number of rotatable bonds is 5. The first-order valence-electron chi connectivity index (χ1n) is 7.20. The number of hydrogen-bond acceptors (Lipinski definition) is 3. The van der Waals surface area contributed by atoms with Crippen molar-refractivity contribution in [3.8, 4) is 0 Å². The molecule has 0 radical (unpaired) electrons. The van der Waals surface area contributed by atoms with Gasteiger partial charge in [0.1, 0.15) is 17.3 Å². The highest BCUT2D eigenvalue weighted by Crippen LogP contribution is 2.29. The SMILES string of the molecule is CCNCc1cc(F)c(N2CCCC(CO)C2)c(F)c1. The molecule has 0 spiro atoms. The van der Waals surface area contributed by atoms with Gasteiger partial charge in [-0.3, -0.25) is 0 Å². The van der Waals surface area contributed by atoms with Crippen LogP contribution in [0.4, 0.5) is 14.5 Å². The van der Waals surface area contributed by atoms with Crippen molar-refractivity contribution in [3.05, 3.63) is 29.3 Å². The summed E-state index contributed by atoms with van der Waals surface area (Å²) >= 11 is 0. The third-order valence-corrected chi connectivity index (χ3v) is 3.75. The molecule has 1 fully saturated rings. The first-order chi connectivity index (χ1) is 9.65. The van der Waals surface area contributed by atoms with Crippen LogP contribution in [-0.2, 0) is 6.54 Å². The molecular formula is C15H22F2N2O. The van der Waals surface area contributed by atoms with Crippen molar-refractivity contribution in [2.24, 2.45) is 5.92 Å². The second kappa shape index (κ2) is 6.99. The van der Waals surface area contributed by atoms with E-state index in [1.165, 1.54) is 12.1 Å². The maximum absolute atomic E-state index is 14.2. The average molecular weight is 284 g/mol. The van der Waals surface area contributed by atoms with Crippen molar-refractivity contribution in [1.82, 2.24) is 5.32 Å². The molecule has 0 bridgehead atoms. The van der Waals surface area contributed by atoms with Crippen LogP contribution in [0.1, 0.15) is 25.3 Å². The van der Waals surface area contributed by atoms with Gasteiger partial charge in [-0.15, -0.1) is 0 Å². The molecule has 5 heteroatoms. The van der Waals surface area contributed by atoms with E-state index in [1.54, 1.807) is 4.90 Å². The fraction of sp³-hybridized carbons (Fsp3) is 0.600. The summed E-state index contributed by atoms with van der Waals surface area (Å²) in [6, 6.07) is 2.78. The number of hydrogen-bond donors (Lipinski definition) is 2. The van der Waals surface area contributed by atoms with Gasteiger partial charge in [0.05, 0.1) is 0 Å². The van der Waals surface area contributed by atoms with E-state index in [-0.39, 0.29) is 18.2 Å². The first kappa shape index (κ1) is 15.2. The lowest BCUT2D eigenvalue weighted by atomic mass is 9.98. The van der Waals surface area contributed by atoms with Crippen molar-refractivity contribution < 1.29 is 13.9 Å². The molecule has 1 aromatic carbocycles. The molecule has 1 atom stereocenters. The Morgan fingerprint density at radius 1 is 1.35 bits per heavy atom. The third kappa shape index (κ3) is 3.46. The summed E-state index contributed by atoms with van der Waals surface area (Å²) in [5.74, 6) is -0.933. The van der Waals surface area contributed by atoms with Gasteiger partial charge in [0.15, 0.2) is 0 Å². The summed E-state index contributed by atoms with van der Waals surface area (Å²) in [4.78, 5) is 1.71. The smallest absolute Gasteiger partial charge is 0.149 e. The van der Waals surface area contributed by atoms with Gasteiger partial charge in [-0.2, -0.15) is 0 Å². The minimum Gasteiger partial charge on any atom is -0.396 e. The monoisotopic (exact) mass is 284 g/mol. The van der Waals surface area contributed by atoms with E-state index in [0.29, 0.717) is 25.2 Å². The predicted octanol–water partition coefficient (Wildman–Crippen LogP) is 2.28. The van der Waals surface area contributed by atoms with Crippen molar-refractivity contribution in [2.75, 3.05) is 31.1 Å². The van der Waals surface area contributed by atoms with Crippen LogP contribution in [0.5, 0.6) is 0 Å². The van der Waals surface area contributed by atoms with Crippen molar-refractivity contribution in [3.63, 3.8) is 0 Å². The minimum absolute atomic E-state index is 0.0448. The summed E-state index contributed by atoms with van der Waals surface area (Å²) in [5.41, 5.74) is 0.657. The lowest BCUT2D eigenvalue weighted by Crippen LogP contribution is -2.37. The summed E-state index contributed by atoms with van der Waals surface area (Å²) < 4.78 is 28.4. The number of piperidine rings is 1. The van der Waals surface area contributed by atoms with Crippen LogP contribution in [0.2, 0.25) is 0 Å². The van der Waals surface area contributed by atoms with Crippen LogP contribution >= 0.6 is 0 Å². The second-order valence-corrected chi connectivity index (χ2v) is 5.33. The molecule has 1 heterocycles. The maximum atomic E-state index is 14.2. The Bertz CT molecular complexity index is 430. The summed E-state index contributed by atoms with van der Waals surface area (Å²) in [6.45, 7) is 4.38. The molecule has 0 aliphatic carbocycles. The van der Waals surface area contributed by atoms with Gasteiger partial charge in [0.2, 0.25) is 0 Å². The number of halogens is 2. The van der Waals surface area contributed by atoms with Gasteiger partial charge < -0.3 is 15.3 Å². The maximum Gasteiger partial charge on any atom is 0.149 e. The average Bonchev–Trinajstić information content (AvgIpc) is 2.44. The van der Waals surface area contributed by atoms with Crippen LogP contribution in [-0.4, -0.2) is 31.3 Å². The zero-order valence-electron chi connectivity index (χ0n) is 11.8. The highest BCUT2D eigenvalue weighted by Gasteiger charge is 2.24. The molecule has 1 unspecified atom stereocenters. The molecule has 1 saturated heterocycles. The van der Waals surface area contributed by atoms with Crippen LogP contribution in [0, 0.1) is 17.6 Å². The first-order valence-corrected chi connectivity index (χ1v) is 7.20. The van der Waals surface area contributed by atoms with Crippen molar-refractivity contribution in [2.45, 2.75) is 26.3 Å². The summed E-state index contributed by atoms with van der Waals surface area (Å²) in [5, 5.41) is 12.3. The fourth-order valence-electron chi connectivity index (χ4n) is 2.71. The number of nitrogens with zero attached hydrogens (tertiary/aromatic N) is 1. The Kier molecular flexibility index (Phi) is 5.31. The molecule has 1 aromatic rings. The van der Waals surface area contributed by atoms with E-state index in [4.69, 9.17) is 0 Å². The largest absolute Gasteiger partial charge is 0.396 e. The van der Waals surface area contributed by atoms with Gasteiger partial charge >= 0.3 is 0 Å². The van der Waals surface area contributed by atoms with Crippen LogP contribution in [0.15, 0.2) is 12.1 Å². The van der Waals surface area contributed by atoms with Gasteiger partial charge in [0, 0.05) is 26.2 Å². The van der Waals surface area contributed by atoms with Crippen molar-refractivity contribution >= 4 is 5.69 Å². The number of nitrogens with one attached hydrogen (secondary N) is 1. The number of benzene rings is 1. The zero-order chi connectivity index (χ0) is 14.5. The highest BCUT2D eigenvalue weighted by molar-refractivity contribution is 5.51. The predicted molar refractivity (Wildman–Crippen MR) is 75.8 cm³/mol. The minimum atomic E-state index is -0.517. The quantitative estimate of drug-likeness (QED) is 0.871. The molecule has 1 aliphatic rings. The lowest BCUT2D eigenvalue weighted by molar-refractivity contribution is 0.208. The highest BCUT2D eigenvalue weighted by atomic mass is 19.1. The molecule has 2 rings (SSSR count). The normalized spacial score (nSPS) is 19.4. The molecule has 112 valence electrons. The Balaban J connectivity index is 2.19. The Morgan fingerprint density at radius 3 is 2.65 bits per heavy atom. The summed E-state index contributed by atoms with van der Waals surface area (Å²) in [6.07, 6.45) is 1.76. The molecule has 1 aliphatic heterocycles. The van der Waals surface area contributed by atoms with Gasteiger partial charge in [0.25, 0.3) is 0 Å². The van der Waals surface area contributed by atoms with E-state index in [2.05, 4.69) is 5.32 Å². The molecule has 20 heavy (non-hydrogen) atoms. The molecular weight excluding hydrogens is 262 g/mol. The lowest BCUT2D eigenvalue weighted by Gasteiger charge is -2.34. The summed E-state index contributed by atoms with van der Waals surface area (Å²) in [7, 11) is 0. The molecule has 2 N–H and O–H groups in total. The Labute approximate surface area is 118 Å². The van der Waals surface area contributed by atoms with E-state index in [0.717, 1.165) is 19.4 Å². The van der Waals surface area contributed by atoms with Crippen LogP contribution in [0.25, 0.3) is 0 Å². The standard InChI is InChI=1S/C15H22F2N2O/c1-2-18-8-12-6-13(16)15(14(17)7-12)19-5-3-4-11(9-19)10-20/h6-7,11,18,20H,2-5,8-10H2,1H3. The number of aliphatic hydroxyl groups excluding tert-OH is 1. The van der Waals surface area contributed by atoms with Gasteiger partial charge in [-0.05, 0) is 43.0 Å². The van der Waals surface area contributed by atoms with E-state index in [1.807, 2.05) is 6.92 Å². The number of anilines is 1. The van der Waals surface area contributed by atoms with E-state index >= 15 is 0 Å². The fourth-order valence-corrected chi connectivity index (χ4v) is 2.71. The van der Waals surface area contributed by atoms with Crippen LogP contribution in [0.3, 0.4) is 0 Å². The second-order valence-electron chi connectivity index (χ2n) is 5.33. The molecule has 0 saturated carbocycles. The van der Waals surface area contributed by atoms with Crippen molar-refractivity contribution in [1.29, 1.82) is 0 Å². The Morgan fingerprint density at radius 2 is 2.05 bits per heavy atom.